The van der Waals surface area contributed by atoms with E-state index >= 15 is 0 Å². The lowest BCUT2D eigenvalue weighted by Crippen LogP contribution is -2.35. The molecule has 18 heavy (non-hydrogen) atoms. The van der Waals surface area contributed by atoms with E-state index in [0.29, 0.717) is 5.41 Å². The number of nitrogens with zero attached hydrogens (tertiary/aromatic N) is 2. The van der Waals surface area contributed by atoms with E-state index < -0.39 is 0 Å². The highest BCUT2D eigenvalue weighted by atomic mass is 35.5. The molecule has 0 aromatic heterocycles. The first-order valence-electron chi connectivity index (χ1n) is 6.64. The highest BCUT2D eigenvalue weighted by Crippen LogP contribution is 2.42. The molecule has 2 heterocycles. The Bertz CT molecular complexity index is 493. The smallest absolute Gasteiger partial charge is 0.132 e. The maximum absolute atomic E-state index is 6.63. The van der Waals surface area contributed by atoms with E-state index in [1.165, 1.54) is 12.8 Å². The lowest BCUT2D eigenvalue weighted by atomic mass is 9.85. The van der Waals surface area contributed by atoms with Crippen molar-refractivity contribution in [1.29, 1.82) is 0 Å². The second-order valence-electron chi connectivity index (χ2n) is 6.06. The van der Waals surface area contributed by atoms with Crippen LogP contribution in [0.5, 0.6) is 0 Å². The van der Waals surface area contributed by atoms with Crippen molar-refractivity contribution in [3.05, 3.63) is 29.8 Å². The van der Waals surface area contributed by atoms with Gasteiger partial charge >= 0.3 is 0 Å². The largest absolute Gasteiger partial charge is 0.340 e. The third-order valence-electron chi connectivity index (χ3n) is 3.94. The second-order valence-corrected chi connectivity index (χ2v) is 6.47. The predicted molar refractivity (Wildman–Crippen MR) is 76.5 cm³/mol. The van der Waals surface area contributed by atoms with Gasteiger partial charge in [0.2, 0.25) is 0 Å². The maximum Gasteiger partial charge on any atom is 0.132 e. The topological polar surface area (TPSA) is 15.6 Å². The van der Waals surface area contributed by atoms with Gasteiger partial charge in [0.05, 0.1) is 5.69 Å². The number of amidine groups is 1. The first kappa shape index (κ1) is 12.0. The summed E-state index contributed by atoms with van der Waals surface area (Å²) in [6.45, 7) is 5.66. The van der Waals surface area contributed by atoms with E-state index in [1.54, 1.807) is 0 Å². The van der Waals surface area contributed by atoms with Gasteiger partial charge < -0.3 is 4.90 Å². The molecule has 2 aliphatic rings. The molecule has 1 atom stereocenters. The number of halogens is 1. The third kappa shape index (κ3) is 2.03. The second kappa shape index (κ2) is 4.27. The Morgan fingerprint density at radius 1 is 1.33 bits per heavy atom. The van der Waals surface area contributed by atoms with Crippen LogP contribution < -0.4 is 0 Å². The molecule has 2 nitrogen and oxygen atoms in total. The number of fused-ring (bicyclic) bond motifs is 2. The van der Waals surface area contributed by atoms with Crippen molar-refractivity contribution in [2.24, 2.45) is 10.4 Å². The molecule has 0 radical (unpaired) electrons. The Morgan fingerprint density at radius 2 is 2.11 bits per heavy atom. The predicted octanol–water partition coefficient (Wildman–Crippen LogP) is 4.48. The maximum atomic E-state index is 6.63. The number of alkyl halides is 1. The van der Waals surface area contributed by atoms with Crippen molar-refractivity contribution in [3.8, 4) is 0 Å². The zero-order valence-electron chi connectivity index (χ0n) is 11.0. The lowest BCUT2D eigenvalue weighted by Gasteiger charge is -2.34. The van der Waals surface area contributed by atoms with E-state index in [-0.39, 0.29) is 5.50 Å². The van der Waals surface area contributed by atoms with Crippen LogP contribution in [0, 0.1) is 5.41 Å². The van der Waals surface area contributed by atoms with Crippen molar-refractivity contribution in [1.82, 2.24) is 4.90 Å². The molecular formula is C15H19ClN2. The van der Waals surface area contributed by atoms with Crippen LogP contribution in [0.1, 0.15) is 44.2 Å². The highest BCUT2D eigenvalue weighted by Gasteiger charge is 2.34. The molecule has 0 spiro atoms. The Kier molecular flexibility index (Phi) is 2.86. The van der Waals surface area contributed by atoms with Gasteiger partial charge in [-0.15, -0.1) is 0 Å². The number of aliphatic imine (C=N–C) groups is 1. The van der Waals surface area contributed by atoms with Crippen molar-refractivity contribution >= 4 is 23.1 Å². The molecule has 0 bridgehead atoms. The van der Waals surface area contributed by atoms with Gasteiger partial charge in [0.25, 0.3) is 0 Å². The summed E-state index contributed by atoms with van der Waals surface area (Å²) < 4.78 is 0. The van der Waals surface area contributed by atoms with Gasteiger partial charge in [-0.1, -0.05) is 43.6 Å². The molecule has 1 aromatic carbocycles. The minimum atomic E-state index is -0.0531. The van der Waals surface area contributed by atoms with Crippen LogP contribution in [0.4, 0.5) is 5.69 Å². The Morgan fingerprint density at radius 3 is 2.94 bits per heavy atom. The average Bonchev–Trinajstić information content (AvgIpc) is 2.47. The van der Waals surface area contributed by atoms with Gasteiger partial charge in [0, 0.05) is 18.5 Å². The van der Waals surface area contributed by atoms with E-state index in [2.05, 4.69) is 30.9 Å². The zero-order chi connectivity index (χ0) is 12.8. The van der Waals surface area contributed by atoms with E-state index in [1.807, 2.05) is 12.1 Å². The summed E-state index contributed by atoms with van der Waals surface area (Å²) in [6.07, 6.45) is 3.45. The fourth-order valence-corrected chi connectivity index (χ4v) is 3.32. The molecule has 2 aliphatic heterocycles. The summed E-state index contributed by atoms with van der Waals surface area (Å²) in [7, 11) is 0. The summed E-state index contributed by atoms with van der Waals surface area (Å²) in [5, 5.41) is 0. The summed E-state index contributed by atoms with van der Waals surface area (Å²) in [6, 6.07) is 8.22. The van der Waals surface area contributed by atoms with E-state index in [0.717, 1.165) is 30.1 Å². The summed E-state index contributed by atoms with van der Waals surface area (Å²) in [5.41, 5.74) is 2.46. The number of benzene rings is 1. The third-order valence-corrected chi connectivity index (χ3v) is 4.41. The standard InChI is InChI=1S/C15H19ClN2/c1-15(2)8-5-9-18-13(10-15)17-12-7-4-3-6-11(12)14(18)16/h3-4,6-7,14H,5,8-10H2,1-2H3. The molecule has 1 aromatic rings. The zero-order valence-corrected chi connectivity index (χ0v) is 11.7. The molecule has 0 N–H and O–H groups in total. The fourth-order valence-electron chi connectivity index (χ4n) is 2.92. The van der Waals surface area contributed by atoms with Gasteiger partial charge in [-0.05, 0) is 24.3 Å². The van der Waals surface area contributed by atoms with Crippen LogP contribution in [0.3, 0.4) is 0 Å². The van der Waals surface area contributed by atoms with Gasteiger partial charge in [-0.3, -0.25) is 0 Å². The molecule has 96 valence electrons. The van der Waals surface area contributed by atoms with Crippen molar-refractivity contribution in [2.45, 2.75) is 38.6 Å². The van der Waals surface area contributed by atoms with Crippen molar-refractivity contribution < 1.29 is 0 Å². The number of hydrogen-bond donors (Lipinski definition) is 0. The molecule has 0 amide bonds. The van der Waals surface area contributed by atoms with Crippen LogP contribution in [-0.4, -0.2) is 17.3 Å². The lowest BCUT2D eigenvalue weighted by molar-refractivity contribution is 0.347. The monoisotopic (exact) mass is 262 g/mol. The Balaban J connectivity index is 2.05. The van der Waals surface area contributed by atoms with Crippen LogP contribution in [-0.2, 0) is 0 Å². The molecule has 3 rings (SSSR count). The molecule has 0 aliphatic carbocycles. The van der Waals surface area contributed by atoms with Gasteiger partial charge in [-0.25, -0.2) is 4.99 Å². The normalized spacial score (nSPS) is 25.8. The molecule has 3 heteroatoms. The summed E-state index contributed by atoms with van der Waals surface area (Å²) >= 11 is 6.63. The van der Waals surface area contributed by atoms with Gasteiger partial charge in [-0.2, -0.15) is 0 Å². The molecule has 1 fully saturated rings. The van der Waals surface area contributed by atoms with E-state index in [9.17, 15) is 0 Å². The Labute approximate surface area is 114 Å². The number of hydrogen-bond acceptors (Lipinski definition) is 2. The van der Waals surface area contributed by atoms with Crippen LogP contribution in [0.25, 0.3) is 0 Å². The summed E-state index contributed by atoms with van der Waals surface area (Å²) in [5.74, 6) is 1.16. The van der Waals surface area contributed by atoms with E-state index in [4.69, 9.17) is 16.6 Å². The van der Waals surface area contributed by atoms with Crippen LogP contribution in [0.2, 0.25) is 0 Å². The summed E-state index contributed by atoms with van der Waals surface area (Å²) in [4.78, 5) is 7.11. The van der Waals surface area contributed by atoms with Crippen LogP contribution >= 0.6 is 11.6 Å². The fraction of sp³-hybridized carbons (Fsp3) is 0.533. The molecular weight excluding hydrogens is 244 g/mol. The minimum absolute atomic E-state index is 0.0531. The number of rotatable bonds is 0. The Hall–Kier alpha value is -1.02. The minimum Gasteiger partial charge on any atom is -0.340 e. The highest BCUT2D eigenvalue weighted by molar-refractivity contribution is 6.22. The average molecular weight is 263 g/mol. The number of para-hydroxylation sites is 1. The molecule has 0 saturated carbocycles. The van der Waals surface area contributed by atoms with Gasteiger partial charge in [0.15, 0.2) is 0 Å². The first-order valence-corrected chi connectivity index (χ1v) is 7.08. The SMILES string of the molecule is CC1(C)CCCN2C(=Nc3ccccc3C2Cl)C1. The van der Waals surface area contributed by atoms with Crippen molar-refractivity contribution in [2.75, 3.05) is 6.54 Å². The van der Waals surface area contributed by atoms with Crippen LogP contribution in [0.15, 0.2) is 29.3 Å². The molecule has 1 unspecified atom stereocenters. The van der Waals surface area contributed by atoms with Crippen molar-refractivity contribution in [3.63, 3.8) is 0 Å². The van der Waals surface area contributed by atoms with Gasteiger partial charge in [0.1, 0.15) is 11.3 Å². The quantitative estimate of drug-likeness (QED) is 0.497. The molecule has 1 saturated heterocycles. The first-order chi connectivity index (χ1) is 8.57.